The molecule has 1 aliphatic rings. The van der Waals surface area contributed by atoms with Crippen LogP contribution in [0.15, 0.2) is 35.7 Å². The van der Waals surface area contributed by atoms with E-state index in [-0.39, 0.29) is 24.0 Å². The molecule has 0 unspecified atom stereocenters. The molecule has 0 amide bonds. The highest BCUT2D eigenvalue weighted by atomic mass is 127. The lowest BCUT2D eigenvalue weighted by Gasteiger charge is -2.32. The smallest absolute Gasteiger partial charge is 0.191 e. The van der Waals surface area contributed by atoms with Crippen LogP contribution < -0.4 is 10.6 Å². The number of aliphatic imine (C=N–C) groups is 1. The first-order valence-corrected chi connectivity index (χ1v) is 9.74. The monoisotopic (exact) mass is 498 g/mol. The third kappa shape index (κ3) is 6.69. The minimum atomic E-state index is 0. The molecular formula is C19H31IN8. The fraction of sp³-hybridized carbons (Fsp3) is 0.579. The third-order valence-electron chi connectivity index (χ3n) is 4.92. The Hall–Kier alpha value is -1.75. The molecular weight excluding hydrogens is 467 g/mol. The molecule has 9 heteroatoms. The van der Waals surface area contributed by atoms with Gasteiger partial charge in [0.05, 0.1) is 5.69 Å². The van der Waals surface area contributed by atoms with Gasteiger partial charge in [-0.25, -0.2) is 0 Å². The van der Waals surface area contributed by atoms with Gasteiger partial charge in [0.1, 0.15) is 12.2 Å². The number of likely N-dealkylation sites (tertiary alicyclic amines) is 1. The first kappa shape index (κ1) is 22.5. The molecule has 28 heavy (non-hydrogen) atoms. The van der Waals surface area contributed by atoms with Crippen molar-refractivity contribution < 1.29 is 0 Å². The van der Waals surface area contributed by atoms with Crippen LogP contribution in [0.3, 0.4) is 0 Å². The number of hydrogen-bond acceptors (Lipinski definition) is 5. The van der Waals surface area contributed by atoms with Crippen LogP contribution in [0.5, 0.6) is 0 Å². The topological polar surface area (TPSA) is 83.3 Å². The SMILES string of the molecule is CCc1nncn1CCNC(=NC)NC1CCN(Cc2ccccn2)CC1.I. The van der Waals surface area contributed by atoms with Gasteiger partial charge in [-0.05, 0) is 25.0 Å². The number of guanidine groups is 1. The summed E-state index contributed by atoms with van der Waals surface area (Å²) >= 11 is 0. The Bertz CT molecular complexity index is 710. The molecule has 3 heterocycles. The molecule has 0 bridgehead atoms. The van der Waals surface area contributed by atoms with Gasteiger partial charge in [0, 0.05) is 58.4 Å². The highest BCUT2D eigenvalue weighted by molar-refractivity contribution is 14.0. The second kappa shape index (κ2) is 11.9. The largest absolute Gasteiger partial charge is 0.355 e. The number of piperidine rings is 1. The Balaban J connectivity index is 0.00000280. The van der Waals surface area contributed by atoms with Gasteiger partial charge in [0.15, 0.2) is 5.96 Å². The van der Waals surface area contributed by atoms with Gasteiger partial charge >= 0.3 is 0 Å². The lowest BCUT2D eigenvalue weighted by molar-refractivity contribution is 0.196. The normalized spacial score (nSPS) is 15.9. The van der Waals surface area contributed by atoms with Crippen LogP contribution in [-0.2, 0) is 19.5 Å². The summed E-state index contributed by atoms with van der Waals surface area (Å²) < 4.78 is 2.08. The summed E-state index contributed by atoms with van der Waals surface area (Å²) in [4.78, 5) is 11.3. The van der Waals surface area contributed by atoms with Crippen molar-refractivity contribution in [1.82, 2.24) is 35.3 Å². The van der Waals surface area contributed by atoms with Gasteiger partial charge in [0.25, 0.3) is 0 Å². The van der Waals surface area contributed by atoms with E-state index in [0.717, 1.165) is 69.5 Å². The molecule has 2 aromatic heterocycles. The molecule has 0 spiro atoms. The fourth-order valence-corrected chi connectivity index (χ4v) is 3.38. The third-order valence-corrected chi connectivity index (χ3v) is 4.92. The average Bonchev–Trinajstić information content (AvgIpc) is 3.17. The Morgan fingerprint density at radius 1 is 1.29 bits per heavy atom. The Labute approximate surface area is 184 Å². The number of nitrogens with one attached hydrogen (secondary N) is 2. The Morgan fingerprint density at radius 2 is 2.11 bits per heavy atom. The first-order chi connectivity index (χ1) is 13.3. The van der Waals surface area contributed by atoms with Gasteiger partial charge in [-0.3, -0.25) is 14.9 Å². The van der Waals surface area contributed by atoms with E-state index in [2.05, 4.69) is 59.3 Å². The fourth-order valence-electron chi connectivity index (χ4n) is 3.38. The summed E-state index contributed by atoms with van der Waals surface area (Å²) in [7, 11) is 1.82. The molecule has 1 fully saturated rings. The molecule has 3 rings (SSSR count). The number of halogens is 1. The van der Waals surface area contributed by atoms with Crippen molar-refractivity contribution in [2.24, 2.45) is 4.99 Å². The van der Waals surface area contributed by atoms with Crippen LogP contribution in [0.4, 0.5) is 0 Å². The van der Waals surface area contributed by atoms with E-state index in [4.69, 9.17) is 0 Å². The van der Waals surface area contributed by atoms with Crippen molar-refractivity contribution in [2.75, 3.05) is 26.7 Å². The Morgan fingerprint density at radius 3 is 2.79 bits per heavy atom. The van der Waals surface area contributed by atoms with Crippen molar-refractivity contribution >= 4 is 29.9 Å². The molecule has 0 radical (unpaired) electrons. The van der Waals surface area contributed by atoms with E-state index in [1.54, 1.807) is 6.33 Å². The van der Waals surface area contributed by atoms with Crippen LogP contribution in [-0.4, -0.2) is 63.3 Å². The van der Waals surface area contributed by atoms with E-state index in [1.807, 2.05) is 19.3 Å². The predicted octanol–water partition coefficient (Wildman–Crippen LogP) is 1.68. The highest BCUT2D eigenvalue weighted by Crippen LogP contribution is 2.12. The molecule has 154 valence electrons. The van der Waals surface area contributed by atoms with E-state index >= 15 is 0 Å². The number of aromatic nitrogens is 4. The summed E-state index contributed by atoms with van der Waals surface area (Å²) in [5, 5.41) is 15.0. The molecule has 0 saturated carbocycles. The van der Waals surface area contributed by atoms with Crippen molar-refractivity contribution in [3.05, 3.63) is 42.2 Å². The lowest BCUT2D eigenvalue weighted by atomic mass is 10.1. The maximum atomic E-state index is 4.42. The zero-order valence-electron chi connectivity index (χ0n) is 16.7. The minimum Gasteiger partial charge on any atom is -0.355 e. The van der Waals surface area contributed by atoms with Crippen molar-refractivity contribution in [3.63, 3.8) is 0 Å². The molecule has 1 saturated heterocycles. The highest BCUT2D eigenvalue weighted by Gasteiger charge is 2.20. The van der Waals surface area contributed by atoms with E-state index in [9.17, 15) is 0 Å². The van der Waals surface area contributed by atoms with Crippen LogP contribution >= 0.6 is 24.0 Å². The Kier molecular flexibility index (Phi) is 9.62. The summed E-state index contributed by atoms with van der Waals surface area (Å²) in [6, 6.07) is 6.56. The number of nitrogens with zero attached hydrogens (tertiary/aromatic N) is 6. The van der Waals surface area contributed by atoms with Crippen LogP contribution in [0.1, 0.15) is 31.3 Å². The predicted molar refractivity (Wildman–Crippen MR) is 122 cm³/mol. The van der Waals surface area contributed by atoms with Crippen molar-refractivity contribution in [1.29, 1.82) is 0 Å². The number of hydrogen-bond donors (Lipinski definition) is 2. The number of pyridine rings is 1. The van der Waals surface area contributed by atoms with Gasteiger partial charge in [0.2, 0.25) is 0 Å². The molecule has 0 aliphatic carbocycles. The van der Waals surface area contributed by atoms with Crippen molar-refractivity contribution in [3.8, 4) is 0 Å². The standard InChI is InChI=1S/C19H30N8.HI/c1-3-18-25-23-15-27(18)13-10-22-19(20-2)24-16-7-11-26(12-8-16)14-17-6-4-5-9-21-17;/h4-6,9,15-16H,3,7-8,10-14H2,1-2H3,(H2,20,22,24);1H. The minimum absolute atomic E-state index is 0. The van der Waals surface area contributed by atoms with Gasteiger partial charge in [-0.1, -0.05) is 13.0 Å². The van der Waals surface area contributed by atoms with Crippen LogP contribution in [0.2, 0.25) is 0 Å². The molecule has 2 N–H and O–H groups in total. The number of aryl methyl sites for hydroxylation is 1. The molecule has 0 aromatic carbocycles. The van der Waals surface area contributed by atoms with E-state index in [1.165, 1.54) is 0 Å². The van der Waals surface area contributed by atoms with Crippen molar-refractivity contribution in [2.45, 2.75) is 45.3 Å². The summed E-state index contributed by atoms with van der Waals surface area (Å²) in [6.45, 7) is 6.80. The average molecular weight is 498 g/mol. The molecule has 1 aliphatic heterocycles. The zero-order chi connectivity index (χ0) is 18.9. The summed E-state index contributed by atoms with van der Waals surface area (Å²) in [5.74, 6) is 1.88. The quantitative estimate of drug-likeness (QED) is 0.344. The molecule has 2 aromatic rings. The van der Waals surface area contributed by atoms with Gasteiger partial charge < -0.3 is 15.2 Å². The maximum Gasteiger partial charge on any atom is 0.191 e. The molecule has 8 nitrogen and oxygen atoms in total. The zero-order valence-corrected chi connectivity index (χ0v) is 19.0. The lowest BCUT2D eigenvalue weighted by Crippen LogP contribution is -2.49. The summed E-state index contributed by atoms with van der Waals surface area (Å²) in [6.07, 6.45) is 6.76. The van der Waals surface area contributed by atoms with Crippen LogP contribution in [0, 0.1) is 0 Å². The van der Waals surface area contributed by atoms with E-state index < -0.39 is 0 Å². The van der Waals surface area contributed by atoms with E-state index in [0.29, 0.717) is 6.04 Å². The van der Waals surface area contributed by atoms with Gasteiger partial charge in [-0.15, -0.1) is 34.2 Å². The second-order valence-electron chi connectivity index (χ2n) is 6.81. The van der Waals surface area contributed by atoms with Crippen LogP contribution in [0.25, 0.3) is 0 Å². The van der Waals surface area contributed by atoms with Gasteiger partial charge in [-0.2, -0.15) is 0 Å². The molecule has 0 atom stereocenters. The maximum absolute atomic E-state index is 4.42. The summed E-state index contributed by atoms with van der Waals surface area (Å²) in [5.41, 5.74) is 1.14. The number of rotatable bonds is 7. The second-order valence-corrected chi connectivity index (χ2v) is 6.81. The first-order valence-electron chi connectivity index (χ1n) is 9.74.